The van der Waals surface area contributed by atoms with Gasteiger partial charge in [-0.05, 0) is 0 Å². The highest BCUT2D eigenvalue weighted by atomic mass is 19.4. The minimum absolute atomic E-state index is 0.958. The first-order valence-electron chi connectivity index (χ1n) is 4.44. The van der Waals surface area contributed by atoms with Crippen molar-refractivity contribution in [2.75, 3.05) is 6.61 Å². The van der Waals surface area contributed by atoms with Gasteiger partial charge in [0.05, 0.1) is 0 Å². The summed E-state index contributed by atoms with van der Waals surface area (Å²) in [4.78, 5) is 21.6. The summed E-state index contributed by atoms with van der Waals surface area (Å²) in [6.07, 6.45) is -14.1. The third-order valence-electron chi connectivity index (χ3n) is 2.01. The van der Waals surface area contributed by atoms with Crippen LogP contribution in [0.2, 0.25) is 0 Å². The van der Waals surface area contributed by atoms with Crippen LogP contribution >= 0.6 is 0 Å². The summed E-state index contributed by atoms with van der Waals surface area (Å²) >= 11 is 0. The van der Waals surface area contributed by atoms with Crippen LogP contribution in [0.15, 0.2) is 0 Å². The Bertz CT molecular complexity index is 393. The molecule has 0 unspecified atom stereocenters. The quantitative estimate of drug-likeness (QED) is 0.747. The fourth-order valence-electron chi connectivity index (χ4n) is 1.18. The van der Waals surface area contributed by atoms with E-state index in [1.54, 1.807) is 0 Å². The molecule has 12 heteroatoms. The Balaban J connectivity index is 3.01. The molecule has 2 atom stereocenters. The Morgan fingerprint density at radius 2 is 1.68 bits per heavy atom. The number of alkyl halides is 7. The van der Waals surface area contributed by atoms with Crippen LogP contribution in [0.3, 0.4) is 0 Å². The maximum Gasteiger partial charge on any atom is 0.436 e. The average molecular weight is 298 g/mol. The molecule has 1 fully saturated rings. The van der Waals surface area contributed by atoms with E-state index in [-0.39, 0.29) is 0 Å². The highest BCUT2D eigenvalue weighted by Gasteiger charge is 2.70. The van der Waals surface area contributed by atoms with Gasteiger partial charge in [-0.3, -0.25) is 10.1 Å². The van der Waals surface area contributed by atoms with E-state index in [9.17, 15) is 40.3 Å². The SMILES string of the molecule is O=C1NC(=O)[C@](F)(C(F)(F)F)[C@H](OCC(F)(F)F)N1. The maximum absolute atomic E-state index is 13.6. The first kappa shape index (κ1) is 15.5. The number of carbonyl (C=O) groups is 2. The summed E-state index contributed by atoms with van der Waals surface area (Å²) < 4.78 is 90.0. The monoisotopic (exact) mass is 298 g/mol. The molecule has 0 aromatic heterocycles. The normalized spacial score (nSPS) is 28.9. The van der Waals surface area contributed by atoms with Crippen molar-refractivity contribution in [3.8, 4) is 0 Å². The number of carbonyl (C=O) groups excluding carboxylic acids is 2. The smallest absolute Gasteiger partial charge is 0.345 e. The third kappa shape index (κ3) is 3.05. The molecule has 110 valence electrons. The van der Waals surface area contributed by atoms with Crippen molar-refractivity contribution >= 4 is 11.9 Å². The summed E-state index contributed by atoms with van der Waals surface area (Å²) in [5, 5.41) is 2.09. The van der Waals surface area contributed by atoms with E-state index < -0.39 is 42.8 Å². The number of amides is 3. The zero-order valence-electron chi connectivity index (χ0n) is 8.65. The van der Waals surface area contributed by atoms with Gasteiger partial charge in [0.1, 0.15) is 6.61 Å². The first-order valence-corrected chi connectivity index (χ1v) is 4.44. The van der Waals surface area contributed by atoms with Gasteiger partial charge in [0, 0.05) is 0 Å². The molecule has 0 spiro atoms. The lowest BCUT2D eigenvalue weighted by molar-refractivity contribution is -0.276. The van der Waals surface area contributed by atoms with Gasteiger partial charge in [-0.25, -0.2) is 9.18 Å². The highest BCUT2D eigenvalue weighted by Crippen LogP contribution is 2.39. The van der Waals surface area contributed by atoms with Crippen molar-refractivity contribution in [2.24, 2.45) is 0 Å². The number of halogens is 7. The van der Waals surface area contributed by atoms with Crippen molar-refractivity contribution in [3.05, 3.63) is 0 Å². The molecule has 1 heterocycles. The van der Waals surface area contributed by atoms with Crippen LogP contribution in [-0.4, -0.2) is 42.8 Å². The molecule has 2 N–H and O–H groups in total. The zero-order valence-corrected chi connectivity index (χ0v) is 8.65. The van der Waals surface area contributed by atoms with Crippen LogP contribution < -0.4 is 10.6 Å². The Hall–Kier alpha value is -1.59. The molecule has 19 heavy (non-hydrogen) atoms. The topological polar surface area (TPSA) is 67.4 Å². The summed E-state index contributed by atoms with van der Waals surface area (Å²) in [5.74, 6) is -2.45. The van der Waals surface area contributed by atoms with Crippen LogP contribution in [0.5, 0.6) is 0 Å². The molecule has 0 radical (unpaired) electrons. The predicted molar refractivity (Wildman–Crippen MR) is 42.4 cm³/mol. The van der Waals surface area contributed by atoms with Crippen LogP contribution in [0.25, 0.3) is 0 Å². The van der Waals surface area contributed by atoms with Crippen LogP contribution in [0.4, 0.5) is 35.5 Å². The molecular weight excluding hydrogens is 293 g/mol. The standard InChI is InChI=1S/C7H5F7N2O3/c8-5(9,10)1-19-3-6(11,7(12,13)14)2(17)15-4(18)16-3/h3H,1H2,(H2,15,16,17,18)/t3-,6+/m0/s1. The van der Waals surface area contributed by atoms with Gasteiger partial charge < -0.3 is 10.1 Å². The number of nitrogens with one attached hydrogen (secondary N) is 2. The van der Waals surface area contributed by atoms with E-state index in [1.807, 2.05) is 0 Å². The van der Waals surface area contributed by atoms with Gasteiger partial charge in [-0.2, -0.15) is 26.3 Å². The van der Waals surface area contributed by atoms with Gasteiger partial charge in [0.25, 0.3) is 5.91 Å². The maximum atomic E-state index is 13.6. The Morgan fingerprint density at radius 1 is 1.16 bits per heavy atom. The van der Waals surface area contributed by atoms with E-state index in [0.29, 0.717) is 0 Å². The van der Waals surface area contributed by atoms with Gasteiger partial charge in [0.15, 0.2) is 6.23 Å². The van der Waals surface area contributed by atoms with E-state index in [2.05, 4.69) is 4.74 Å². The van der Waals surface area contributed by atoms with E-state index in [1.165, 1.54) is 0 Å². The fourth-order valence-corrected chi connectivity index (χ4v) is 1.18. The predicted octanol–water partition coefficient (Wildman–Crippen LogP) is 1.00. The van der Waals surface area contributed by atoms with Gasteiger partial charge >= 0.3 is 24.1 Å². The molecule has 1 aliphatic heterocycles. The van der Waals surface area contributed by atoms with Crippen LogP contribution in [0, 0.1) is 0 Å². The molecule has 3 amide bonds. The molecule has 0 aromatic carbocycles. The van der Waals surface area contributed by atoms with E-state index in [4.69, 9.17) is 0 Å². The number of ether oxygens (including phenoxy) is 1. The molecule has 0 bridgehead atoms. The highest BCUT2D eigenvalue weighted by molar-refractivity contribution is 6.02. The first-order chi connectivity index (χ1) is 8.38. The summed E-state index contributed by atoms with van der Waals surface area (Å²) in [5.41, 5.74) is -4.81. The molecular formula is C7H5F7N2O3. The number of urea groups is 1. The summed E-state index contributed by atoms with van der Waals surface area (Å²) in [7, 11) is 0. The van der Waals surface area contributed by atoms with E-state index >= 15 is 0 Å². The Morgan fingerprint density at radius 3 is 2.11 bits per heavy atom. The Labute approximate surface area is 99.6 Å². The van der Waals surface area contributed by atoms with Crippen molar-refractivity contribution < 1.29 is 45.1 Å². The summed E-state index contributed by atoms with van der Waals surface area (Å²) in [6, 6.07) is -1.60. The molecule has 5 nitrogen and oxygen atoms in total. The lowest BCUT2D eigenvalue weighted by Gasteiger charge is -2.37. The zero-order chi connectivity index (χ0) is 15.1. The number of hydrogen-bond donors (Lipinski definition) is 2. The second kappa shape index (κ2) is 4.51. The van der Waals surface area contributed by atoms with Gasteiger partial charge in [-0.15, -0.1) is 0 Å². The van der Waals surface area contributed by atoms with Crippen LogP contribution in [-0.2, 0) is 9.53 Å². The van der Waals surface area contributed by atoms with Crippen molar-refractivity contribution in [1.29, 1.82) is 0 Å². The number of hydrogen-bond acceptors (Lipinski definition) is 3. The molecule has 1 saturated heterocycles. The fraction of sp³-hybridized carbons (Fsp3) is 0.714. The van der Waals surface area contributed by atoms with Gasteiger partial charge in [-0.1, -0.05) is 0 Å². The third-order valence-corrected chi connectivity index (χ3v) is 2.01. The largest absolute Gasteiger partial charge is 0.436 e. The minimum atomic E-state index is -5.87. The second-order valence-electron chi connectivity index (χ2n) is 3.44. The molecule has 1 aliphatic rings. The minimum Gasteiger partial charge on any atom is -0.345 e. The lowest BCUT2D eigenvalue weighted by atomic mass is 10.0. The average Bonchev–Trinajstić information content (AvgIpc) is 2.18. The molecule has 0 saturated carbocycles. The van der Waals surface area contributed by atoms with Crippen molar-refractivity contribution in [2.45, 2.75) is 24.2 Å². The summed E-state index contributed by atoms with van der Waals surface area (Å²) in [6.45, 7) is -2.27. The Kier molecular flexibility index (Phi) is 3.67. The van der Waals surface area contributed by atoms with Crippen molar-refractivity contribution in [3.63, 3.8) is 0 Å². The van der Waals surface area contributed by atoms with Crippen molar-refractivity contribution in [1.82, 2.24) is 10.6 Å². The molecule has 0 aromatic rings. The van der Waals surface area contributed by atoms with Gasteiger partial charge in [0.2, 0.25) is 0 Å². The number of imide groups is 1. The second-order valence-corrected chi connectivity index (χ2v) is 3.44. The number of rotatable bonds is 2. The van der Waals surface area contributed by atoms with Crippen LogP contribution in [0.1, 0.15) is 0 Å². The van der Waals surface area contributed by atoms with E-state index in [0.717, 1.165) is 10.6 Å². The molecule has 1 rings (SSSR count). The lowest BCUT2D eigenvalue weighted by Crippen LogP contribution is -2.73. The molecule has 0 aliphatic carbocycles.